The van der Waals surface area contributed by atoms with Crippen LogP contribution in [0, 0.1) is 0 Å². The molecule has 0 spiro atoms. The van der Waals surface area contributed by atoms with Crippen LogP contribution in [0.3, 0.4) is 0 Å². The molecule has 6 nitrogen and oxygen atoms in total. The molecule has 176 valence electrons. The largest absolute Gasteiger partial charge is 0.356 e. The van der Waals surface area contributed by atoms with Crippen molar-refractivity contribution in [1.82, 2.24) is 0 Å². The Labute approximate surface area is 209 Å². The first kappa shape index (κ1) is 22.7. The molecule has 4 aromatic rings. The maximum atomic E-state index is 12.7. The van der Waals surface area contributed by atoms with Crippen molar-refractivity contribution in [3.05, 3.63) is 133 Å². The molecule has 6 heteroatoms. The number of hydrogen-bond donors (Lipinski definition) is 4. The molecule has 0 radical (unpaired) electrons. The van der Waals surface area contributed by atoms with Crippen LogP contribution in [-0.2, 0) is 9.59 Å². The Balaban J connectivity index is 1.19. The standard InChI is InChI=1S/C30H24N4O2/c35-29-20-28(34-26-17-13-24(14-18-26)32-22-9-5-2-6-10-22)30(36)19-27(29)33-25-15-11-23(12-16-25)31-21-7-3-1-4-8-21/h1-20,31-34H. The quantitative estimate of drug-likeness (QED) is 0.216. The van der Waals surface area contributed by atoms with Crippen molar-refractivity contribution in [1.29, 1.82) is 0 Å². The first-order valence-electron chi connectivity index (χ1n) is 11.5. The fraction of sp³-hybridized carbons (Fsp3) is 0. The average Bonchev–Trinajstić information content (AvgIpc) is 2.90. The zero-order valence-electron chi connectivity index (χ0n) is 19.4. The summed E-state index contributed by atoms with van der Waals surface area (Å²) in [7, 11) is 0. The molecule has 1 aliphatic carbocycles. The van der Waals surface area contributed by atoms with E-state index in [2.05, 4.69) is 21.3 Å². The smallest absolute Gasteiger partial charge is 0.204 e. The molecule has 5 rings (SSSR count). The minimum Gasteiger partial charge on any atom is -0.356 e. The van der Waals surface area contributed by atoms with Crippen LogP contribution in [0.5, 0.6) is 0 Å². The molecule has 4 N–H and O–H groups in total. The Morgan fingerprint density at radius 1 is 0.333 bits per heavy atom. The van der Waals surface area contributed by atoms with Crippen molar-refractivity contribution in [2.24, 2.45) is 0 Å². The molecule has 0 aromatic heterocycles. The highest BCUT2D eigenvalue weighted by Gasteiger charge is 2.20. The maximum absolute atomic E-state index is 12.7. The van der Waals surface area contributed by atoms with Crippen molar-refractivity contribution < 1.29 is 9.59 Å². The Morgan fingerprint density at radius 2 is 0.611 bits per heavy atom. The van der Waals surface area contributed by atoms with Gasteiger partial charge in [-0.25, -0.2) is 0 Å². The summed E-state index contributed by atoms with van der Waals surface area (Å²) in [5.74, 6) is -0.545. The van der Waals surface area contributed by atoms with Gasteiger partial charge >= 0.3 is 0 Å². The molecule has 4 aromatic carbocycles. The molecule has 0 heterocycles. The van der Waals surface area contributed by atoms with E-state index in [-0.39, 0.29) is 23.0 Å². The third-order valence-electron chi connectivity index (χ3n) is 5.53. The monoisotopic (exact) mass is 472 g/mol. The molecule has 0 amide bonds. The van der Waals surface area contributed by atoms with Gasteiger partial charge in [0.15, 0.2) is 0 Å². The molecule has 0 bridgehead atoms. The number of hydrogen-bond acceptors (Lipinski definition) is 6. The van der Waals surface area contributed by atoms with Gasteiger partial charge in [-0.3, -0.25) is 9.59 Å². The number of carbonyl (C=O) groups is 2. The van der Waals surface area contributed by atoms with Crippen molar-refractivity contribution in [2.45, 2.75) is 0 Å². The van der Waals surface area contributed by atoms with Crippen LogP contribution in [0.4, 0.5) is 34.1 Å². The van der Waals surface area contributed by atoms with Crippen LogP contribution in [-0.4, -0.2) is 11.6 Å². The lowest BCUT2D eigenvalue weighted by Crippen LogP contribution is -2.21. The molecule has 36 heavy (non-hydrogen) atoms. The lowest BCUT2D eigenvalue weighted by atomic mass is 10.1. The zero-order chi connectivity index (χ0) is 24.7. The molecule has 0 saturated heterocycles. The summed E-state index contributed by atoms with van der Waals surface area (Å²) in [4.78, 5) is 25.4. The lowest BCUT2D eigenvalue weighted by Gasteiger charge is -2.16. The van der Waals surface area contributed by atoms with Gasteiger partial charge < -0.3 is 21.3 Å². The molecule has 0 fully saturated rings. The van der Waals surface area contributed by atoms with Gasteiger partial charge in [0.2, 0.25) is 11.6 Å². The molecule has 0 aliphatic heterocycles. The summed E-state index contributed by atoms with van der Waals surface area (Å²) >= 11 is 0. The van der Waals surface area contributed by atoms with Gasteiger partial charge in [-0.1, -0.05) is 36.4 Å². The minimum atomic E-state index is -0.272. The Bertz CT molecular complexity index is 1310. The summed E-state index contributed by atoms with van der Waals surface area (Å²) in [6.07, 6.45) is 2.65. The van der Waals surface area contributed by atoms with Crippen LogP contribution >= 0.6 is 0 Å². The van der Waals surface area contributed by atoms with Gasteiger partial charge in [-0.2, -0.15) is 0 Å². The SMILES string of the molecule is O=C1C=C(Nc2ccc(Nc3ccccc3)cc2)C(=O)C=C1Nc1ccc(Nc2ccccc2)cc1. The number of rotatable bonds is 8. The molecule has 0 saturated carbocycles. The fourth-order valence-corrected chi connectivity index (χ4v) is 3.72. The van der Waals surface area contributed by atoms with Gasteiger partial charge in [0.05, 0.1) is 11.4 Å². The van der Waals surface area contributed by atoms with Gasteiger partial charge in [0.25, 0.3) is 0 Å². The molecule has 0 atom stereocenters. The number of ketones is 2. The molecular formula is C30H24N4O2. The van der Waals surface area contributed by atoms with E-state index in [0.717, 1.165) is 22.7 Å². The van der Waals surface area contributed by atoms with E-state index in [4.69, 9.17) is 0 Å². The van der Waals surface area contributed by atoms with Crippen molar-refractivity contribution >= 4 is 45.7 Å². The first-order valence-corrected chi connectivity index (χ1v) is 11.5. The van der Waals surface area contributed by atoms with Gasteiger partial charge in [0, 0.05) is 46.3 Å². The molecular weight excluding hydrogens is 448 g/mol. The Morgan fingerprint density at radius 3 is 0.944 bits per heavy atom. The second kappa shape index (κ2) is 10.4. The van der Waals surface area contributed by atoms with E-state index >= 15 is 0 Å². The minimum absolute atomic E-state index is 0.233. The highest BCUT2D eigenvalue weighted by molar-refractivity contribution is 6.21. The summed E-state index contributed by atoms with van der Waals surface area (Å²) in [5, 5.41) is 12.7. The summed E-state index contributed by atoms with van der Waals surface area (Å²) in [6.45, 7) is 0. The van der Waals surface area contributed by atoms with Crippen LogP contribution < -0.4 is 21.3 Å². The first-order chi connectivity index (χ1) is 17.6. The van der Waals surface area contributed by atoms with Crippen LogP contribution in [0.2, 0.25) is 0 Å². The van der Waals surface area contributed by atoms with Crippen LogP contribution in [0.1, 0.15) is 0 Å². The summed E-state index contributed by atoms with van der Waals surface area (Å²) in [6, 6.07) is 34.8. The van der Waals surface area contributed by atoms with Crippen molar-refractivity contribution in [2.75, 3.05) is 21.3 Å². The molecule has 0 unspecified atom stereocenters. The second-order valence-electron chi connectivity index (χ2n) is 8.23. The van der Waals surface area contributed by atoms with Gasteiger partial charge in [0.1, 0.15) is 0 Å². The highest BCUT2D eigenvalue weighted by Crippen LogP contribution is 2.23. The maximum Gasteiger partial charge on any atom is 0.204 e. The zero-order valence-corrected chi connectivity index (χ0v) is 19.4. The number of benzene rings is 4. The number of para-hydroxylation sites is 2. The van der Waals surface area contributed by atoms with Crippen molar-refractivity contribution in [3.8, 4) is 0 Å². The van der Waals surface area contributed by atoms with Crippen molar-refractivity contribution in [3.63, 3.8) is 0 Å². The summed E-state index contributed by atoms with van der Waals surface area (Å²) < 4.78 is 0. The number of anilines is 6. The second-order valence-corrected chi connectivity index (χ2v) is 8.23. The van der Waals surface area contributed by atoms with Crippen LogP contribution in [0.15, 0.2) is 133 Å². The number of carbonyl (C=O) groups excluding carboxylic acids is 2. The summed E-state index contributed by atoms with van der Waals surface area (Å²) in [5.41, 5.74) is 5.71. The predicted octanol–water partition coefficient (Wildman–Crippen LogP) is 6.62. The average molecular weight is 473 g/mol. The topological polar surface area (TPSA) is 82.3 Å². The van der Waals surface area contributed by atoms with E-state index in [1.807, 2.05) is 109 Å². The molecule has 1 aliphatic rings. The Kier molecular flexibility index (Phi) is 6.58. The highest BCUT2D eigenvalue weighted by atomic mass is 16.1. The van der Waals surface area contributed by atoms with E-state index in [0.29, 0.717) is 11.4 Å². The third kappa shape index (κ3) is 5.69. The van der Waals surface area contributed by atoms with E-state index in [9.17, 15) is 9.59 Å². The Hall–Kier alpha value is -5.10. The fourth-order valence-electron chi connectivity index (χ4n) is 3.72. The van der Waals surface area contributed by atoms with Gasteiger partial charge in [-0.15, -0.1) is 0 Å². The van der Waals surface area contributed by atoms with E-state index < -0.39 is 0 Å². The number of nitrogens with one attached hydrogen (secondary N) is 4. The van der Waals surface area contributed by atoms with Crippen LogP contribution in [0.25, 0.3) is 0 Å². The van der Waals surface area contributed by atoms with E-state index in [1.165, 1.54) is 12.2 Å². The van der Waals surface area contributed by atoms with E-state index in [1.54, 1.807) is 0 Å². The third-order valence-corrected chi connectivity index (χ3v) is 5.53. The lowest BCUT2D eigenvalue weighted by molar-refractivity contribution is -0.115. The van der Waals surface area contributed by atoms with Gasteiger partial charge in [-0.05, 0) is 72.8 Å². The number of allylic oxidation sites excluding steroid dienone is 2. The normalized spacial score (nSPS) is 12.9. The predicted molar refractivity (Wildman–Crippen MR) is 146 cm³/mol.